The highest BCUT2D eigenvalue weighted by Gasteiger charge is 2.27. The first-order valence-electron chi connectivity index (χ1n) is 10.0. The Labute approximate surface area is 186 Å². The molecule has 4 heterocycles. The lowest BCUT2D eigenvalue weighted by molar-refractivity contribution is 0.246. The van der Waals surface area contributed by atoms with Crippen molar-refractivity contribution in [2.45, 2.75) is 25.4 Å². The Morgan fingerprint density at radius 1 is 1.22 bits per heavy atom. The number of nitrogens with two attached hydrogens (primary N) is 1. The molecule has 1 atom stereocenters. The van der Waals surface area contributed by atoms with Gasteiger partial charge >= 0.3 is 0 Å². The second-order valence-electron chi connectivity index (χ2n) is 7.50. The van der Waals surface area contributed by atoms with Gasteiger partial charge in [0.25, 0.3) is 5.78 Å². The number of aromatic nitrogens is 5. The third kappa shape index (κ3) is 3.84. The second kappa shape index (κ2) is 8.32. The van der Waals surface area contributed by atoms with Crippen LogP contribution in [-0.4, -0.2) is 48.6 Å². The highest BCUT2D eigenvalue weighted by molar-refractivity contribution is 6.30. The predicted molar refractivity (Wildman–Crippen MR) is 114 cm³/mol. The molecule has 5 rings (SSSR count). The largest absolute Gasteiger partial charge is 0.461 e. The summed E-state index contributed by atoms with van der Waals surface area (Å²) in [5.74, 6) is 0.205. The van der Waals surface area contributed by atoms with Crippen molar-refractivity contribution in [3.8, 4) is 11.6 Å². The van der Waals surface area contributed by atoms with Gasteiger partial charge in [-0.3, -0.25) is 4.90 Å². The quantitative estimate of drug-likeness (QED) is 0.421. The van der Waals surface area contributed by atoms with Gasteiger partial charge < -0.3 is 15.5 Å². The molecule has 0 spiro atoms. The molecule has 1 fully saturated rings. The molecule has 4 aromatic rings. The lowest BCUT2D eigenvalue weighted by Crippen LogP contribution is -2.35. The summed E-state index contributed by atoms with van der Waals surface area (Å²) in [7, 11) is 0. The molecule has 166 valence electrons. The average Bonchev–Trinajstić information content (AvgIpc) is 3.53. The summed E-state index contributed by atoms with van der Waals surface area (Å²) in [5.41, 5.74) is 5.99. The van der Waals surface area contributed by atoms with Gasteiger partial charge in [0, 0.05) is 24.7 Å². The van der Waals surface area contributed by atoms with Crippen molar-refractivity contribution in [1.29, 1.82) is 0 Å². The van der Waals surface area contributed by atoms with Crippen molar-refractivity contribution in [2.24, 2.45) is 0 Å². The molecular weight excluding hydrogens is 442 g/mol. The molecule has 9 nitrogen and oxygen atoms in total. The van der Waals surface area contributed by atoms with E-state index in [9.17, 15) is 8.78 Å². The van der Waals surface area contributed by atoms with Gasteiger partial charge in [-0.15, -0.1) is 5.10 Å². The van der Waals surface area contributed by atoms with Gasteiger partial charge in [-0.1, -0.05) is 11.6 Å². The molecule has 0 radical (unpaired) electrons. The van der Waals surface area contributed by atoms with E-state index in [0.717, 1.165) is 19.4 Å². The Hall–Kier alpha value is -3.31. The van der Waals surface area contributed by atoms with Gasteiger partial charge in [0.1, 0.15) is 11.6 Å². The molecule has 1 aliphatic rings. The maximum Gasteiger partial charge on any atom is 0.259 e. The van der Waals surface area contributed by atoms with Crippen molar-refractivity contribution in [3.05, 3.63) is 52.7 Å². The number of nitrogens with one attached hydrogen (secondary N) is 1. The smallest absolute Gasteiger partial charge is 0.259 e. The number of benzene rings is 1. The van der Waals surface area contributed by atoms with Gasteiger partial charge in [0.05, 0.1) is 11.3 Å². The third-order valence-corrected chi connectivity index (χ3v) is 5.76. The number of hydrogen-bond donors (Lipinski definition) is 2. The standard InChI is InChI=1S/C20H19ClF2N8O/c21-13-5-6-14(22)12(16(13)23)10-30-7-1-3-11(30)9-25-19-27-18(24)31-20(28-19)26-17(29-31)15-4-2-8-32-15/h2,4-6,8,11H,1,3,7,9-10H2,(H3,24,25,26,27,28,29). The normalized spacial score (nSPS) is 16.8. The maximum atomic E-state index is 14.3. The number of nitrogen functional groups attached to an aromatic ring is 1. The third-order valence-electron chi connectivity index (χ3n) is 5.47. The Bertz CT molecular complexity index is 1260. The molecule has 32 heavy (non-hydrogen) atoms. The lowest BCUT2D eigenvalue weighted by Gasteiger charge is -2.25. The van der Waals surface area contributed by atoms with Crippen molar-refractivity contribution in [2.75, 3.05) is 24.1 Å². The molecule has 3 N–H and O–H groups in total. The first-order chi connectivity index (χ1) is 15.5. The molecule has 0 amide bonds. The summed E-state index contributed by atoms with van der Waals surface area (Å²) in [5, 5.41) is 7.33. The van der Waals surface area contributed by atoms with E-state index >= 15 is 0 Å². The number of likely N-dealkylation sites (tertiary alicyclic amines) is 1. The van der Waals surface area contributed by atoms with Crippen LogP contribution >= 0.6 is 11.6 Å². The van der Waals surface area contributed by atoms with Gasteiger partial charge in [0.2, 0.25) is 17.7 Å². The van der Waals surface area contributed by atoms with E-state index in [2.05, 4.69) is 25.4 Å². The van der Waals surface area contributed by atoms with E-state index in [4.69, 9.17) is 21.8 Å². The number of rotatable bonds is 6. The van der Waals surface area contributed by atoms with Gasteiger partial charge in [-0.05, 0) is 43.7 Å². The zero-order chi connectivity index (χ0) is 22.2. The van der Waals surface area contributed by atoms with E-state index in [0.29, 0.717) is 24.1 Å². The summed E-state index contributed by atoms with van der Waals surface area (Å²) >= 11 is 5.83. The minimum absolute atomic E-state index is 0.0276. The van der Waals surface area contributed by atoms with E-state index in [1.165, 1.54) is 22.9 Å². The Kier molecular flexibility index (Phi) is 5.35. The zero-order valence-corrected chi connectivity index (χ0v) is 17.6. The minimum Gasteiger partial charge on any atom is -0.461 e. The van der Waals surface area contributed by atoms with Crippen LogP contribution in [-0.2, 0) is 6.54 Å². The fourth-order valence-corrected chi connectivity index (χ4v) is 4.03. The summed E-state index contributed by atoms with van der Waals surface area (Å²) in [4.78, 5) is 14.9. The van der Waals surface area contributed by atoms with E-state index in [1.54, 1.807) is 12.1 Å². The van der Waals surface area contributed by atoms with Crippen molar-refractivity contribution < 1.29 is 13.2 Å². The van der Waals surface area contributed by atoms with Crippen LogP contribution in [0.3, 0.4) is 0 Å². The number of halogens is 3. The molecule has 0 bridgehead atoms. The number of nitrogens with zero attached hydrogens (tertiary/aromatic N) is 6. The molecule has 1 saturated heterocycles. The summed E-state index contributed by atoms with van der Waals surface area (Å²) in [6.45, 7) is 1.32. The molecule has 1 aromatic carbocycles. The number of anilines is 2. The van der Waals surface area contributed by atoms with Gasteiger partial charge in [0.15, 0.2) is 5.76 Å². The second-order valence-corrected chi connectivity index (χ2v) is 7.91. The molecule has 3 aromatic heterocycles. The van der Waals surface area contributed by atoms with Crippen LogP contribution in [0.5, 0.6) is 0 Å². The van der Waals surface area contributed by atoms with Crippen LogP contribution in [0.25, 0.3) is 17.4 Å². The lowest BCUT2D eigenvalue weighted by atomic mass is 10.1. The van der Waals surface area contributed by atoms with Crippen LogP contribution < -0.4 is 11.1 Å². The monoisotopic (exact) mass is 460 g/mol. The molecule has 1 aliphatic heterocycles. The van der Waals surface area contributed by atoms with E-state index in [1.807, 2.05) is 4.90 Å². The van der Waals surface area contributed by atoms with Crippen molar-refractivity contribution >= 4 is 29.3 Å². The van der Waals surface area contributed by atoms with Crippen molar-refractivity contribution in [1.82, 2.24) is 29.5 Å². The fraction of sp³-hybridized carbons (Fsp3) is 0.300. The summed E-state index contributed by atoms with van der Waals surface area (Å²) in [6.07, 6.45) is 3.30. The van der Waals surface area contributed by atoms with Crippen LogP contribution in [0.4, 0.5) is 20.7 Å². The van der Waals surface area contributed by atoms with E-state index in [-0.39, 0.29) is 34.9 Å². The van der Waals surface area contributed by atoms with Crippen LogP contribution in [0, 0.1) is 11.6 Å². The number of fused-ring (bicyclic) bond motifs is 1. The SMILES string of the molecule is Nc1nc(NCC2CCCN2Cc2c(F)ccc(Cl)c2F)nc2nc(-c3ccco3)nn12. The van der Waals surface area contributed by atoms with Crippen LogP contribution in [0.15, 0.2) is 34.9 Å². The molecule has 0 aliphatic carbocycles. The molecule has 1 unspecified atom stereocenters. The van der Waals surface area contributed by atoms with Crippen molar-refractivity contribution in [3.63, 3.8) is 0 Å². The van der Waals surface area contributed by atoms with Crippen LogP contribution in [0.2, 0.25) is 5.02 Å². The van der Waals surface area contributed by atoms with Gasteiger partial charge in [-0.25, -0.2) is 8.78 Å². The number of furan rings is 1. The minimum atomic E-state index is -0.717. The molecule has 0 saturated carbocycles. The highest BCUT2D eigenvalue weighted by Crippen LogP contribution is 2.26. The Morgan fingerprint density at radius 3 is 2.91 bits per heavy atom. The van der Waals surface area contributed by atoms with Crippen LogP contribution in [0.1, 0.15) is 18.4 Å². The predicted octanol–water partition coefficient (Wildman–Crippen LogP) is 3.37. The van der Waals surface area contributed by atoms with E-state index < -0.39 is 11.6 Å². The average molecular weight is 461 g/mol. The topological polar surface area (TPSA) is 110 Å². The summed E-state index contributed by atoms with van der Waals surface area (Å²) in [6, 6.07) is 5.91. The fourth-order valence-electron chi connectivity index (χ4n) is 3.86. The molecule has 12 heteroatoms. The molecular formula is C20H19ClF2N8O. The Balaban J connectivity index is 1.31. The zero-order valence-electron chi connectivity index (χ0n) is 16.8. The Morgan fingerprint density at radius 2 is 2.09 bits per heavy atom. The first kappa shape index (κ1) is 20.6. The maximum absolute atomic E-state index is 14.3. The van der Waals surface area contributed by atoms with Gasteiger partial charge in [-0.2, -0.15) is 19.5 Å². The highest BCUT2D eigenvalue weighted by atomic mass is 35.5. The number of hydrogen-bond acceptors (Lipinski definition) is 8. The first-order valence-corrected chi connectivity index (χ1v) is 10.4. The summed E-state index contributed by atoms with van der Waals surface area (Å²) < 4.78 is 35.1.